The van der Waals surface area contributed by atoms with E-state index in [9.17, 15) is 8.78 Å². The van der Waals surface area contributed by atoms with Gasteiger partial charge in [0.2, 0.25) is 0 Å². The Morgan fingerprint density at radius 2 is 1.71 bits per heavy atom. The first-order valence-electron chi connectivity index (χ1n) is 13.1. The molecule has 1 atom stereocenters. The minimum atomic E-state index is -0.666. The van der Waals surface area contributed by atoms with Crippen LogP contribution < -0.4 is 11.1 Å². The summed E-state index contributed by atoms with van der Waals surface area (Å²) in [6.45, 7) is 10.5. The van der Waals surface area contributed by atoms with Crippen molar-refractivity contribution in [3.63, 3.8) is 0 Å². The summed E-state index contributed by atoms with van der Waals surface area (Å²) in [6.07, 6.45) is 8.18. The molecule has 0 amide bonds. The molecule has 1 aliphatic rings. The van der Waals surface area contributed by atoms with Crippen molar-refractivity contribution in [3.05, 3.63) is 113 Å². The number of nitrogens with one attached hydrogen (secondary N) is 1. The average molecular weight is 517 g/mol. The number of benzene rings is 3. The van der Waals surface area contributed by atoms with E-state index in [2.05, 4.69) is 48.9 Å². The Kier molecular flexibility index (Phi) is 10.2. The van der Waals surface area contributed by atoms with Crippen LogP contribution in [-0.4, -0.2) is 24.3 Å². The van der Waals surface area contributed by atoms with E-state index in [1.807, 2.05) is 43.6 Å². The number of fused-ring (bicyclic) bond motifs is 1. The summed E-state index contributed by atoms with van der Waals surface area (Å²) in [5.74, 6) is -0.804. The fraction of sp³-hybridized carbons (Fsp3) is 0.281. The number of halogens is 2. The summed E-state index contributed by atoms with van der Waals surface area (Å²) in [5, 5.41) is 3.17. The first kappa shape index (κ1) is 28.6. The minimum Gasteiger partial charge on any atom is -0.398 e. The number of likely N-dealkylation sites (N-methyl/N-ethyl adjacent to an activating group) is 1. The number of rotatable bonds is 7. The summed E-state index contributed by atoms with van der Waals surface area (Å²) < 4.78 is 28.0. The summed E-state index contributed by atoms with van der Waals surface area (Å²) in [5.41, 5.74) is 10.8. The highest BCUT2D eigenvalue weighted by Gasteiger charge is 2.21. The first-order valence-corrected chi connectivity index (χ1v) is 13.1. The third kappa shape index (κ3) is 7.09. The number of amidine groups is 1. The fourth-order valence-corrected chi connectivity index (χ4v) is 4.32. The molecular weight excluding hydrogens is 478 g/mol. The zero-order valence-corrected chi connectivity index (χ0v) is 22.8. The fourth-order valence-electron chi connectivity index (χ4n) is 4.32. The summed E-state index contributed by atoms with van der Waals surface area (Å²) in [4.78, 5) is 6.98. The Hall–Kier alpha value is -3.93. The van der Waals surface area contributed by atoms with E-state index in [1.54, 1.807) is 13.0 Å². The van der Waals surface area contributed by atoms with E-state index >= 15 is 0 Å². The van der Waals surface area contributed by atoms with Crippen molar-refractivity contribution in [2.75, 3.05) is 19.3 Å². The molecule has 0 saturated carbocycles. The van der Waals surface area contributed by atoms with Gasteiger partial charge in [-0.2, -0.15) is 0 Å². The second-order valence-corrected chi connectivity index (χ2v) is 9.42. The lowest BCUT2D eigenvalue weighted by molar-refractivity contribution is 0.341. The second kappa shape index (κ2) is 13.6. The Morgan fingerprint density at radius 3 is 2.39 bits per heavy atom. The Morgan fingerprint density at radius 1 is 1.03 bits per heavy atom. The van der Waals surface area contributed by atoms with E-state index in [0.29, 0.717) is 40.5 Å². The van der Waals surface area contributed by atoms with Crippen molar-refractivity contribution >= 4 is 23.3 Å². The highest BCUT2D eigenvalue weighted by atomic mass is 19.1. The van der Waals surface area contributed by atoms with Crippen LogP contribution in [0.5, 0.6) is 0 Å². The molecule has 6 heteroatoms. The predicted octanol–water partition coefficient (Wildman–Crippen LogP) is 7.72. The van der Waals surface area contributed by atoms with Gasteiger partial charge in [0.25, 0.3) is 0 Å². The second-order valence-electron chi connectivity index (χ2n) is 9.42. The van der Waals surface area contributed by atoms with Gasteiger partial charge in [-0.1, -0.05) is 76.1 Å². The van der Waals surface area contributed by atoms with E-state index in [0.717, 1.165) is 11.6 Å². The molecule has 0 aromatic heterocycles. The molecule has 1 aliphatic heterocycles. The van der Waals surface area contributed by atoms with Gasteiger partial charge < -0.3 is 16.0 Å². The molecule has 3 aromatic carbocycles. The number of hydrogen-bond donors (Lipinski definition) is 2. The molecule has 0 aliphatic carbocycles. The van der Waals surface area contributed by atoms with Gasteiger partial charge in [0.1, 0.15) is 17.5 Å². The Bertz CT molecular complexity index is 1310. The predicted molar refractivity (Wildman–Crippen MR) is 157 cm³/mol. The number of nitrogens with zero attached hydrogens (tertiary/aromatic N) is 2. The number of hydrogen-bond acceptors (Lipinski definition) is 3. The highest BCUT2D eigenvalue weighted by molar-refractivity contribution is 6.06. The molecule has 0 spiro atoms. The maximum atomic E-state index is 14.1. The lowest BCUT2D eigenvalue weighted by Crippen LogP contribution is -2.28. The zero-order chi connectivity index (χ0) is 27.7. The van der Waals surface area contributed by atoms with Crippen molar-refractivity contribution in [1.82, 2.24) is 10.2 Å². The molecule has 200 valence electrons. The van der Waals surface area contributed by atoms with Gasteiger partial charge in [0, 0.05) is 35.6 Å². The van der Waals surface area contributed by atoms with Crippen LogP contribution in [0.25, 0.3) is 11.8 Å². The van der Waals surface area contributed by atoms with Gasteiger partial charge in [-0.05, 0) is 54.1 Å². The minimum absolute atomic E-state index is 0.0227. The van der Waals surface area contributed by atoms with Gasteiger partial charge in [-0.15, -0.1) is 0 Å². The van der Waals surface area contributed by atoms with Crippen LogP contribution in [0.15, 0.2) is 78.4 Å². The summed E-state index contributed by atoms with van der Waals surface area (Å²) in [6, 6.07) is 17.7. The molecule has 1 heterocycles. The van der Waals surface area contributed by atoms with E-state index < -0.39 is 11.6 Å². The quantitative estimate of drug-likeness (QED) is 0.192. The molecule has 1 unspecified atom stereocenters. The van der Waals surface area contributed by atoms with Crippen LogP contribution in [0.3, 0.4) is 0 Å². The van der Waals surface area contributed by atoms with Gasteiger partial charge in [0.05, 0.1) is 12.6 Å². The van der Waals surface area contributed by atoms with Crippen molar-refractivity contribution in [1.29, 1.82) is 0 Å². The largest absolute Gasteiger partial charge is 0.398 e. The maximum Gasteiger partial charge on any atom is 0.134 e. The van der Waals surface area contributed by atoms with Crippen LogP contribution in [0, 0.1) is 18.6 Å². The molecule has 0 fully saturated rings. The molecule has 38 heavy (non-hydrogen) atoms. The Balaban J connectivity index is 0.000000732. The molecule has 0 saturated heterocycles. The highest BCUT2D eigenvalue weighted by Crippen LogP contribution is 2.29. The summed E-state index contributed by atoms with van der Waals surface area (Å²) in [7, 11) is 2.01. The molecule has 3 aromatic rings. The van der Waals surface area contributed by atoms with Crippen molar-refractivity contribution in [2.45, 2.75) is 46.1 Å². The van der Waals surface area contributed by atoms with Crippen molar-refractivity contribution in [2.24, 2.45) is 4.99 Å². The number of anilines is 1. The molecule has 4 nitrogen and oxygen atoms in total. The van der Waals surface area contributed by atoms with E-state index in [-0.39, 0.29) is 6.04 Å². The Labute approximate surface area is 225 Å². The summed E-state index contributed by atoms with van der Waals surface area (Å²) >= 11 is 0. The van der Waals surface area contributed by atoms with Crippen LogP contribution in [0.1, 0.15) is 67.0 Å². The number of nitrogens with two attached hydrogens (primary N) is 1. The molecule has 0 bridgehead atoms. The van der Waals surface area contributed by atoms with Gasteiger partial charge in [-0.25, -0.2) is 8.78 Å². The maximum absolute atomic E-state index is 14.1. The van der Waals surface area contributed by atoms with Crippen molar-refractivity contribution < 1.29 is 8.78 Å². The SMILES string of the molecule is C=C(NC(=NCC1c2ccccc2C=CN1C)c1ccccc1N)c1cc(F)cc(F)c1C.CCCCC. The monoisotopic (exact) mass is 516 g/mol. The average Bonchev–Trinajstić information content (AvgIpc) is 2.90. The van der Waals surface area contributed by atoms with E-state index in [1.165, 1.54) is 30.9 Å². The first-order chi connectivity index (χ1) is 18.3. The standard InChI is InChI=1S/C27H26F2N4.C5H12/c1-17-23(14-20(28)15-24(17)29)18(2)32-27(22-10-6-7-11-25(22)30)31-16-26-21-9-5-4-8-19(21)12-13-33(26)3;1-3-5-4-2/h4-15,26H,2,16,30H2,1,3H3,(H,31,32);3-5H2,1-2H3. The molecule has 3 N–H and O–H groups in total. The topological polar surface area (TPSA) is 53.7 Å². The van der Waals surface area contributed by atoms with Gasteiger partial charge >= 0.3 is 0 Å². The number of aliphatic imine (C=N–C) groups is 1. The normalized spacial score (nSPS) is 14.4. The third-order valence-corrected chi connectivity index (χ3v) is 6.58. The molecule has 4 rings (SSSR count). The van der Waals surface area contributed by atoms with Gasteiger partial charge in [-0.3, -0.25) is 4.99 Å². The lowest BCUT2D eigenvalue weighted by Gasteiger charge is -2.31. The van der Waals surface area contributed by atoms with Crippen LogP contribution >= 0.6 is 0 Å². The molecular formula is C32H38F2N4. The lowest BCUT2D eigenvalue weighted by atomic mass is 9.96. The number of unbranched alkanes of at least 4 members (excludes halogenated alkanes) is 2. The zero-order valence-electron chi connectivity index (χ0n) is 22.8. The van der Waals surface area contributed by atoms with Crippen LogP contribution in [0.4, 0.5) is 14.5 Å². The molecule has 0 radical (unpaired) electrons. The smallest absolute Gasteiger partial charge is 0.134 e. The number of para-hydroxylation sites is 1. The third-order valence-electron chi connectivity index (χ3n) is 6.58. The van der Waals surface area contributed by atoms with E-state index in [4.69, 9.17) is 10.7 Å². The van der Waals surface area contributed by atoms with Gasteiger partial charge in [0.15, 0.2) is 0 Å². The number of nitrogen functional groups attached to an aromatic ring is 1. The van der Waals surface area contributed by atoms with Crippen LogP contribution in [-0.2, 0) is 0 Å². The van der Waals surface area contributed by atoms with Crippen LogP contribution in [0.2, 0.25) is 0 Å². The van der Waals surface area contributed by atoms with Crippen molar-refractivity contribution in [3.8, 4) is 0 Å².